The summed E-state index contributed by atoms with van der Waals surface area (Å²) in [6.45, 7) is 0.868. The smallest absolute Gasteiger partial charge is 0.269 e. The van der Waals surface area contributed by atoms with Crippen LogP contribution in [-0.4, -0.2) is 48.7 Å². The van der Waals surface area contributed by atoms with Gasteiger partial charge in [0.15, 0.2) is 0 Å². The highest BCUT2D eigenvalue weighted by atomic mass is 32.2. The summed E-state index contributed by atoms with van der Waals surface area (Å²) in [7, 11) is -3.05. The van der Waals surface area contributed by atoms with Gasteiger partial charge in [-0.2, -0.15) is 0 Å². The number of hydrogen-bond acceptors (Lipinski definition) is 5. The first-order valence-corrected chi connectivity index (χ1v) is 8.93. The van der Waals surface area contributed by atoms with E-state index < -0.39 is 14.8 Å². The lowest BCUT2D eigenvalue weighted by atomic mass is 10.1. The van der Waals surface area contributed by atoms with Crippen molar-refractivity contribution >= 4 is 21.4 Å². The zero-order chi connectivity index (χ0) is 16.3. The maximum Gasteiger partial charge on any atom is 0.269 e. The summed E-state index contributed by atoms with van der Waals surface area (Å²) in [5, 5.41) is 10.2. The van der Waals surface area contributed by atoms with Gasteiger partial charge in [-0.1, -0.05) is 12.1 Å². The lowest BCUT2D eigenvalue weighted by Crippen LogP contribution is -2.42. The predicted octanol–water partition coefficient (Wildman–Crippen LogP) is 1.17. The third kappa shape index (κ3) is 4.03. The molecule has 120 valence electrons. The van der Waals surface area contributed by atoms with Gasteiger partial charge in [0.25, 0.3) is 5.69 Å². The van der Waals surface area contributed by atoms with Crippen molar-refractivity contribution in [3.63, 3.8) is 0 Å². The molecule has 2 rings (SSSR count). The molecule has 0 saturated carbocycles. The Bertz CT molecular complexity index is 661. The molecule has 7 nitrogen and oxygen atoms in total. The average molecular weight is 326 g/mol. The molecule has 8 heteroatoms. The topological polar surface area (TPSA) is 97.6 Å². The molecule has 22 heavy (non-hydrogen) atoms. The van der Waals surface area contributed by atoms with Crippen molar-refractivity contribution in [2.24, 2.45) is 0 Å². The molecule has 0 aromatic heterocycles. The number of benzene rings is 1. The second-order valence-electron chi connectivity index (χ2n) is 5.51. The number of amides is 1. The third-order valence-corrected chi connectivity index (χ3v) is 5.59. The number of rotatable bonds is 4. The van der Waals surface area contributed by atoms with E-state index in [1.54, 1.807) is 17.0 Å². The number of nitro groups is 1. The second-order valence-corrected chi connectivity index (χ2v) is 7.84. The van der Waals surface area contributed by atoms with Crippen LogP contribution in [0.15, 0.2) is 24.3 Å². The van der Waals surface area contributed by atoms with Crippen LogP contribution in [0.25, 0.3) is 0 Å². The summed E-state index contributed by atoms with van der Waals surface area (Å²) in [4.78, 5) is 23.9. The van der Waals surface area contributed by atoms with Crippen LogP contribution in [0.4, 0.5) is 5.69 Å². The predicted molar refractivity (Wildman–Crippen MR) is 81.2 cm³/mol. The Kier molecular flexibility index (Phi) is 4.80. The molecule has 1 heterocycles. The van der Waals surface area contributed by atoms with Crippen LogP contribution in [-0.2, 0) is 21.1 Å². The number of piperidine rings is 1. The van der Waals surface area contributed by atoms with E-state index >= 15 is 0 Å². The van der Waals surface area contributed by atoms with Crippen LogP contribution >= 0.6 is 0 Å². The molecule has 0 bridgehead atoms. The molecular weight excluding hydrogens is 308 g/mol. The Morgan fingerprint density at radius 1 is 1.27 bits per heavy atom. The first-order chi connectivity index (χ1) is 10.3. The number of carbonyl (C=O) groups is 1. The minimum absolute atomic E-state index is 0.00911. The van der Waals surface area contributed by atoms with Crippen molar-refractivity contribution in [2.45, 2.75) is 24.5 Å². The maximum absolute atomic E-state index is 12.2. The first-order valence-electron chi connectivity index (χ1n) is 6.97. The molecular formula is C14H18N2O5S. The van der Waals surface area contributed by atoms with Crippen molar-refractivity contribution in [2.75, 3.05) is 19.3 Å². The molecule has 0 aliphatic carbocycles. The lowest BCUT2D eigenvalue weighted by molar-refractivity contribution is -0.384. The molecule has 0 unspecified atom stereocenters. The molecule has 1 aromatic rings. The molecule has 0 N–H and O–H groups in total. The normalized spacial score (nSPS) is 16.5. The van der Waals surface area contributed by atoms with Gasteiger partial charge in [0.05, 0.1) is 16.6 Å². The standard InChI is InChI=1S/C14H18N2O5S/c1-22(20,21)13-6-8-15(9-7-13)14(17)10-11-2-4-12(5-3-11)16(18)19/h2-5,13H,6-10H2,1H3. The van der Waals surface area contributed by atoms with Crippen LogP contribution in [0.1, 0.15) is 18.4 Å². The van der Waals surface area contributed by atoms with Crippen LogP contribution in [0, 0.1) is 10.1 Å². The summed E-state index contributed by atoms with van der Waals surface area (Å²) in [5.41, 5.74) is 0.700. The van der Waals surface area contributed by atoms with Gasteiger partial charge in [-0.3, -0.25) is 14.9 Å². The number of nitro benzene ring substituents is 1. The number of hydrogen-bond donors (Lipinski definition) is 0. The largest absolute Gasteiger partial charge is 0.342 e. The molecule has 1 aliphatic rings. The SMILES string of the molecule is CS(=O)(=O)C1CCN(C(=O)Cc2ccc([N+](=O)[O-])cc2)CC1. The van der Waals surface area contributed by atoms with Gasteiger partial charge < -0.3 is 4.90 Å². The molecule has 1 saturated heterocycles. The minimum atomic E-state index is -3.05. The molecule has 0 atom stereocenters. The highest BCUT2D eigenvalue weighted by Crippen LogP contribution is 2.18. The van der Waals surface area contributed by atoms with Crippen LogP contribution in [0.2, 0.25) is 0 Å². The highest BCUT2D eigenvalue weighted by Gasteiger charge is 2.28. The van der Waals surface area contributed by atoms with Crippen molar-refractivity contribution in [1.29, 1.82) is 0 Å². The summed E-state index contributed by atoms with van der Waals surface area (Å²) >= 11 is 0. The summed E-state index contributed by atoms with van der Waals surface area (Å²) in [6, 6.07) is 5.88. The number of non-ortho nitro benzene ring substituents is 1. The van der Waals surface area contributed by atoms with E-state index in [2.05, 4.69) is 0 Å². The molecule has 0 radical (unpaired) electrons. The number of carbonyl (C=O) groups excluding carboxylic acids is 1. The fourth-order valence-electron chi connectivity index (χ4n) is 2.56. The van der Waals surface area contributed by atoms with Crippen LogP contribution < -0.4 is 0 Å². The Labute approximate surface area is 129 Å². The van der Waals surface area contributed by atoms with Crippen molar-refractivity contribution < 1.29 is 18.1 Å². The zero-order valence-electron chi connectivity index (χ0n) is 12.3. The lowest BCUT2D eigenvalue weighted by Gasteiger charge is -2.31. The van der Waals surface area contributed by atoms with E-state index in [4.69, 9.17) is 0 Å². The van der Waals surface area contributed by atoms with Crippen molar-refractivity contribution in [3.05, 3.63) is 39.9 Å². The van der Waals surface area contributed by atoms with E-state index in [9.17, 15) is 23.3 Å². The summed E-state index contributed by atoms with van der Waals surface area (Å²) in [6.07, 6.45) is 2.32. The van der Waals surface area contributed by atoms with Gasteiger partial charge in [0.1, 0.15) is 9.84 Å². The van der Waals surface area contributed by atoms with E-state index in [1.807, 2.05) is 0 Å². The molecule has 1 aliphatic heterocycles. The van der Waals surface area contributed by atoms with Gasteiger partial charge in [-0.25, -0.2) is 8.42 Å². The van der Waals surface area contributed by atoms with Gasteiger partial charge in [-0.15, -0.1) is 0 Å². The van der Waals surface area contributed by atoms with E-state index in [-0.39, 0.29) is 23.3 Å². The second kappa shape index (κ2) is 6.43. The Morgan fingerprint density at radius 3 is 2.27 bits per heavy atom. The van der Waals surface area contributed by atoms with Gasteiger partial charge >= 0.3 is 0 Å². The van der Waals surface area contributed by atoms with Gasteiger partial charge in [0.2, 0.25) is 5.91 Å². The van der Waals surface area contributed by atoms with Crippen molar-refractivity contribution in [1.82, 2.24) is 4.90 Å². The monoisotopic (exact) mass is 326 g/mol. The Hall–Kier alpha value is -1.96. The molecule has 1 fully saturated rings. The van der Waals surface area contributed by atoms with Crippen LogP contribution in [0.3, 0.4) is 0 Å². The van der Waals surface area contributed by atoms with Gasteiger partial charge in [-0.05, 0) is 18.4 Å². The van der Waals surface area contributed by atoms with E-state index in [1.165, 1.54) is 18.4 Å². The maximum atomic E-state index is 12.2. The molecule has 0 spiro atoms. The fourth-order valence-corrected chi connectivity index (χ4v) is 3.62. The molecule has 1 aromatic carbocycles. The quantitative estimate of drug-likeness (QED) is 0.611. The van der Waals surface area contributed by atoms with E-state index in [0.717, 1.165) is 0 Å². The number of likely N-dealkylation sites (tertiary alicyclic amines) is 1. The zero-order valence-corrected chi connectivity index (χ0v) is 13.1. The fraction of sp³-hybridized carbons (Fsp3) is 0.500. The van der Waals surface area contributed by atoms with Crippen molar-refractivity contribution in [3.8, 4) is 0 Å². The minimum Gasteiger partial charge on any atom is -0.342 e. The van der Waals surface area contributed by atoms with Crippen LogP contribution in [0.5, 0.6) is 0 Å². The molecule has 1 amide bonds. The van der Waals surface area contributed by atoms with Gasteiger partial charge in [0, 0.05) is 31.5 Å². The highest BCUT2D eigenvalue weighted by molar-refractivity contribution is 7.91. The Morgan fingerprint density at radius 2 is 1.82 bits per heavy atom. The third-order valence-electron chi connectivity index (χ3n) is 3.90. The average Bonchev–Trinajstić information content (AvgIpc) is 2.47. The Balaban J connectivity index is 1.92. The number of sulfone groups is 1. The summed E-state index contributed by atoms with van der Waals surface area (Å²) < 4.78 is 23.0. The first kappa shape index (κ1) is 16.4. The van der Waals surface area contributed by atoms with E-state index in [0.29, 0.717) is 31.5 Å². The number of nitrogens with zero attached hydrogens (tertiary/aromatic N) is 2. The summed E-state index contributed by atoms with van der Waals surface area (Å²) in [5.74, 6) is -0.0826.